The van der Waals surface area contributed by atoms with Crippen molar-refractivity contribution in [3.63, 3.8) is 0 Å². The molecule has 34 heavy (non-hydrogen) atoms. The molecule has 0 fully saturated rings. The largest absolute Gasteiger partial charge is 0.309 e. The Hall–Kier alpha value is -4.77. The summed E-state index contributed by atoms with van der Waals surface area (Å²) in [5.74, 6) is 0. The fourth-order valence-electron chi connectivity index (χ4n) is 5.47. The van der Waals surface area contributed by atoms with Gasteiger partial charge in [-0.1, -0.05) is 42.5 Å². The van der Waals surface area contributed by atoms with Crippen LogP contribution in [0.2, 0.25) is 0 Å². The number of hydrogen-bond donors (Lipinski definition) is 0. The summed E-state index contributed by atoms with van der Waals surface area (Å²) in [7, 11) is 0. The van der Waals surface area contributed by atoms with Gasteiger partial charge < -0.3 is 4.57 Å². The van der Waals surface area contributed by atoms with Crippen molar-refractivity contribution in [2.45, 2.75) is 0 Å². The molecule has 0 bridgehead atoms. The van der Waals surface area contributed by atoms with E-state index in [0.29, 0.717) is 0 Å². The van der Waals surface area contributed by atoms with Crippen LogP contribution in [0.15, 0.2) is 104 Å². The topological polar surface area (TPSA) is 48.0 Å². The van der Waals surface area contributed by atoms with Crippen LogP contribution < -0.4 is 0 Å². The molecule has 0 aliphatic heterocycles. The minimum Gasteiger partial charge on any atom is -0.309 e. The van der Waals surface area contributed by atoms with E-state index < -0.39 is 0 Å². The molecule has 0 spiro atoms. The summed E-state index contributed by atoms with van der Waals surface area (Å²) in [5, 5.41) is 5.82. The molecule has 8 rings (SSSR count). The van der Waals surface area contributed by atoms with E-state index in [9.17, 15) is 0 Å². The lowest BCUT2D eigenvalue weighted by molar-refractivity contribution is 1.18. The molecule has 0 radical (unpaired) electrons. The van der Waals surface area contributed by atoms with E-state index in [0.717, 1.165) is 49.7 Å². The van der Waals surface area contributed by atoms with E-state index in [1.165, 1.54) is 16.3 Å². The zero-order valence-corrected chi connectivity index (χ0v) is 18.1. The van der Waals surface area contributed by atoms with Crippen molar-refractivity contribution in [1.82, 2.24) is 23.9 Å². The van der Waals surface area contributed by atoms with Gasteiger partial charge in [0.2, 0.25) is 0 Å². The molecule has 0 atom stereocenters. The zero-order valence-electron chi connectivity index (χ0n) is 18.1. The highest BCUT2D eigenvalue weighted by Gasteiger charge is 2.20. The van der Waals surface area contributed by atoms with Gasteiger partial charge in [-0.2, -0.15) is 0 Å². The Kier molecular flexibility index (Phi) is 3.34. The number of benzene rings is 3. The molecular weight excluding hydrogens is 418 g/mol. The highest BCUT2D eigenvalue weighted by atomic mass is 15.1. The van der Waals surface area contributed by atoms with Crippen molar-refractivity contribution in [2.24, 2.45) is 0 Å². The number of para-hydroxylation sites is 2. The van der Waals surface area contributed by atoms with E-state index in [4.69, 9.17) is 9.97 Å². The molecule has 0 saturated carbocycles. The van der Waals surface area contributed by atoms with Crippen LogP contribution in [-0.2, 0) is 0 Å². The van der Waals surface area contributed by atoms with Crippen LogP contribution in [0, 0.1) is 0 Å². The summed E-state index contributed by atoms with van der Waals surface area (Å²) >= 11 is 0. The molecule has 5 heterocycles. The van der Waals surface area contributed by atoms with Gasteiger partial charge in [0.1, 0.15) is 16.8 Å². The maximum absolute atomic E-state index is 5.08. The number of imidazole rings is 1. The Bertz CT molecular complexity index is 2070. The highest BCUT2D eigenvalue weighted by Crippen LogP contribution is 2.41. The maximum atomic E-state index is 5.08. The Morgan fingerprint density at radius 1 is 0.559 bits per heavy atom. The average molecular weight is 435 g/mol. The lowest BCUT2D eigenvalue weighted by Gasteiger charge is -2.11. The molecule has 0 unspecified atom stereocenters. The molecule has 3 aromatic carbocycles. The van der Waals surface area contributed by atoms with Crippen LogP contribution in [0.4, 0.5) is 0 Å². The monoisotopic (exact) mass is 435 g/mol. The number of pyridine rings is 3. The highest BCUT2D eigenvalue weighted by molar-refractivity contribution is 6.29. The van der Waals surface area contributed by atoms with Gasteiger partial charge in [-0.3, -0.25) is 9.38 Å². The predicted octanol–water partition coefficient (Wildman–Crippen LogP) is 6.68. The Morgan fingerprint density at radius 2 is 1.41 bits per heavy atom. The van der Waals surface area contributed by atoms with Gasteiger partial charge in [-0.05, 0) is 47.9 Å². The number of nitrogens with zero attached hydrogens (tertiary/aromatic N) is 5. The standard InChI is InChI=1S/C29H17N5/c1-2-7-18(8-3-1)33-23-11-5-4-9-21(23)26-25(33)13-12-19-20-10-6-15-31-28(20)34-24-14-16-30-17-22(24)32-29(34)27(19)26/h1-17H. The number of fused-ring (bicyclic) bond motifs is 12. The van der Waals surface area contributed by atoms with E-state index in [1.54, 1.807) is 0 Å². The van der Waals surface area contributed by atoms with E-state index in [1.807, 2.05) is 30.7 Å². The summed E-state index contributed by atoms with van der Waals surface area (Å²) in [6.07, 6.45) is 5.49. The van der Waals surface area contributed by atoms with Crippen molar-refractivity contribution in [1.29, 1.82) is 0 Å². The second kappa shape index (κ2) is 6.39. The Morgan fingerprint density at radius 3 is 2.35 bits per heavy atom. The van der Waals surface area contributed by atoms with Crippen LogP contribution >= 0.6 is 0 Å². The molecule has 5 aromatic heterocycles. The first-order valence-corrected chi connectivity index (χ1v) is 11.3. The smallest absolute Gasteiger partial charge is 0.148 e. The van der Waals surface area contributed by atoms with Crippen molar-refractivity contribution in [2.75, 3.05) is 0 Å². The third kappa shape index (κ3) is 2.16. The van der Waals surface area contributed by atoms with E-state index in [-0.39, 0.29) is 0 Å². The molecule has 5 heteroatoms. The molecule has 0 saturated heterocycles. The molecular formula is C29H17N5. The number of rotatable bonds is 1. The molecule has 5 nitrogen and oxygen atoms in total. The summed E-state index contributed by atoms with van der Waals surface area (Å²) in [6.45, 7) is 0. The summed E-state index contributed by atoms with van der Waals surface area (Å²) in [4.78, 5) is 14.2. The van der Waals surface area contributed by atoms with Gasteiger partial charge in [0.15, 0.2) is 0 Å². The molecule has 158 valence electrons. The first-order valence-electron chi connectivity index (χ1n) is 11.3. The Balaban J connectivity index is 1.73. The van der Waals surface area contributed by atoms with Gasteiger partial charge in [-0.15, -0.1) is 0 Å². The fraction of sp³-hybridized carbons (Fsp3) is 0. The predicted molar refractivity (Wildman–Crippen MR) is 138 cm³/mol. The molecule has 0 N–H and O–H groups in total. The van der Waals surface area contributed by atoms with E-state index in [2.05, 4.69) is 86.7 Å². The van der Waals surface area contributed by atoms with Gasteiger partial charge in [0, 0.05) is 39.6 Å². The van der Waals surface area contributed by atoms with Gasteiger partial charge in [0.25, 0.3) is 0 Å². The second-order valence-electron chi connectivity index (χ2n) is 8.58. The third-order valence-corrected chi connectivity index (χ3v) is 6.82. The average Bonchev–Trinajstić information content (AvgIpc) is 3.45. The second-order valence-corrected chi connectivity index (χ2v) is 8.58. The molecule has 0 aliphatic rings. The van der Waals surface area contributed by atoms with Gasteiger partial charge in [0.05, 0.1) is 22.7 Å². The van der Waals surface area contributed by atoms with Crippen molar-refractivity contribution in [3.8, 4) is 5.69 Å². The van der Waals surface area contributed by atoms with Gasteiger partial charge in [-0.25, -0.2) is 9.97 Å². The fourth-order valence-corrected chi connectivity index (χ4v) is 5.47. The van der Waals surface area contributed by atoms with Crippen molar-refractivity contribution >= 4 is 60.3 Å². The molecule has 0 aliphatic carbocycles. The maximum Gasteiger partial charge on any atom is 0.148 e. The van der Waals surface area contributed by atoms with Crippen LogP contribution in [0.1, 0.15) is 0 Å². The number of aromatic nitrogens is 5. The Labute approximate surface area is 193 Å². The number of hydrogen-bond acceptors (Lipinski definition) is 3. The van der Waals surface area contributed by atoms with Crippen LogP contribution in [-0.4, -0.2) is 23.9 Å². The van der Waals surface area contributed by atoms with E-state index >= 15 is 0 Å². The normalized spacial score (nSPS) is 12.1. The lowest BCUT2D eigenvalue weighted by Crippen LogP contribution is -1.95. The van der Waals surface area contributed by atoms with Crippen molar-refractivity contribution < 1.29 is 0 Å². The van der Waals surface area contributed by atoms with Crippen LogP contribution in [0.3, 0.4) is 0 Å². The SMILES string of the molecule is c1ccc(-n2c3ccccc3c3c4c(ccc32)c2cccnc2n2c3ccncc3nc42)cc1. The molecule has 0 amide bonds. The van der Waals surface area contributed by atoms with Crippen molar-refractivity contribution in [3.05, 3.63) is 104 Å². The summed E-state index contributed by atoms with van der Waals surface area (Å²) < 4.78 is 4.53. The van der Waals surface area contributed by atoms with Gasteiger partial charge >= 0.3 is 0 Å². The zero-order chi connectivity index (χ0) is 22.2. The summed E-state index contributed by atoms with van der Waals surface area (Å²) in [5.41, 5.74) is 7.18. The van der Waals surface area contributed by atoms with Crippen LogP contribution in [0.25, 0.3) is 66.0 Å². The van der Waals surface area contributed by atoms with Crippen LogP contribution in [0.5, 0.6) is 0 Å². The first-order chi connectivity index (χ1) is 16.9. The molecule has 8 aromatic rings. The first kappa shape index (κ1) is 17.7. The minimum atomic E-state index is 0.866. The summed E-state index contributed by atoms with van der Waals surface area (Å²) in [6, 6.07) is 29.8. The lowest BCUT2D eigenvalue weighted by atomic mass is 10.0. The third-order valence-electron chi connectivity index (χ3n) is 6.82. The minimum absolute atomic E-state index is 0.866. The quantitative estimate of drug-likeness (QED) is 0.270.